The lowest BCUT2D eigenvalue weighted by Crippen LogP contribution is -2.12. The van der Waals surface area contributed by atoms with Gasteiger partial charge in [0.2, 0.25) is 0 Å². The van der Waals surface area contributed by atoms with Gasteiger partial charge in [-0.3, -0.25) is 4.79 Å². The minimum Gasteiger partial charge on any atom is -0.289 e. The van der Waals surface area contributed by atoms with Gasteiger partial charge < -0.3 is 0 Å². The number of benzene rings is 1. The second-order valence-corrected chi connectivity index (χ2v) is 6.19. The molecule has 0 N–H and O–H groups in total. The Morgan fingerprint density at radius 2 is 1.76 bits per heavy atom. The van der Waals surface area contributed by atoms with Crippen LogP contribution in [-0.2, 0) is 16.3 Å². The summed E-state index contributed by atoms with van der Waals surface area (Å²) < 4.78 is 22.1. The number of aryl methyl sites for hydroxylation is 1. The van der Waals surface area contributed by atoms with Crippen molar-refractivity contribution in [2.75, 3.05) is 12.0 Å². The smallest absolute Gasteiger partial charge is 0.189 e. The standard InChI is InChI=1S/C13H16O3S/c1-4-11-5-7-12(8-6-11)13(14)10(2)9-17(3,15)16/h5-8H,2,4,9H2,1,3H3. The maximum Gasteiger partial charge on any atom is 0.189 e. The Labute approximate surface area is 102 Å². The van der Waals surface area contributed by atoms with Gasteiger partial charge in [-0.25, -0.2) is 8.42 Å². The van der Waals surface area contributed by atoms with Gasteiger partial charge in [-0.2, -0.15) is 0 Å². The van der Waals surface area contributed by atoms with Crippen LogP contribution in [0.2, 0.25) is 0 Å². The number of Topliss-reactive ketones (excluding diaryl/α,β-unsaturated/α-hetero) is 1. The summed E-state index contributed by atoms with van der Waals surface area (Å²) in [6.45, 7) is 5.56. The number of carbonyl (C=O) groups is 1. The molecule has 0 spiro atoms. The SMILES string of the molecule is C=C(CS(C)(=O)=O)C(=O)c1ccc(CC)cc1. The third kappa shape index (κ3) is 4.15. The molecule has 1 aromatic carbocycles. The molecule has 0 amide bonds. The van der Waals surface area contributed by atoms with Gasteiger partial charge in [-0.05, 0) is 12.0 Å². The Hall–Kier alpha value is -1.42. The van der Waals surface area contributed by atoms with Crippen LogP contribution in [-0.4, -0.2) is 26.2 Å². The quantitative estimate of drug-likeness (QED) is 0.595. The molecule has 0 atom stereocenters. The zero-order valence-corrected chi connectivity index (χ0v) is 10.9. The molecule has 0 fully saturated rings. The topological polar surface area (TPSA) is 51.2 Å². The van der Waals surface area contributed by atoms with E-state index in [-0.39, 0.29) is 17.1 Å². The lowest BCUT2D eigenvalue weighted by Gasteiger charge is -2.04. The van der Waals surface area contributed by atoms with Crippen LogP contribution in [0.5, 0.6) is 0 Å². The summed E-state index contributed by atoms with van der Waals surface area (Å²) >= 11 is 0. The average Bonchev–Trinajstić information content (AvgIpc) is 2.26. The van der Waals surface area contributed by atoms with Gasteiger partial charge in [-0.1, -0.05) is 37.8 Å². The van der Waals surface area contributed by atoms with Crippen LogP contribution >= 0.6 is 0 Å². The van der Waals surface area contributed by atoms with Crippen LogP contribution in [0, 0.1) is 0 Å². The fraction of sp³-hybridized carbons (Fsp3) is 0.308. The largest absolute Gasteiger partial charge is 0.289 e. The zero-order valence-electron chi connectivity index (χ0n) is 10.1. The van der Waals surface area contributed by atoms with Crippen LogP contribution in [0.15, 0.2) is 36.4 Å². The normalized spacial score (nSPS) is 11.2. The van der Waals surface area contributed by atoms with Crippen LogP contribution < -0.4 is 0 Å². The predicted molar refractivity (Wildman–Crippen MR) is 69.0 cm³/mol. The summed E-state index contributed by atoms with van der Waals surface area (Å²) in [5.74, 6) is -0.598. The molecule has 1 rings (SSSR count). The van der Waals surface area contributed by atoms with Crippen LogP contribution in [0.3, 0.4) is 0 Å². The summed E-state index contributed by atoms with van der Waals surface area (Å²) in [5.41, 5.74) is 1.72. The van der Waals surface area contributed by atoms with E-state index in [2.05, 4.69) is 6.58 Å². The first-order valence-electron chi connectivity index (χ1n) is 5.32. The van der Waals surface area contributed by atoms with E-state index in [9.17, 15) is 13.2 Å². The molecule has 0 radical (unpaired) electrons. The molecule has 0 aromatic heterocycles. The van der Waals surface area contributed by atoms with Gasteiger partial charge in [0, 0.05) is 17.4 Å². The lowest BCUT2D eigenvalue weighted by molar-refractivity contribution is 0.103. The molecule has 0 aliphatic heterocycles. The molecule has 0 unspecified atom stereocenters. The number of sulfone groups is 1. The number of carbonyl (C=O) groups excluding carboxylic acids is 1. The van der Waals surface area contributed by atoms with Crippen LogP contribution in [0.1, 0.15) is 22.8 Å². The maximum absolute atomic E-state index is 11.9. The second kappa shape index (κ2) is 5.27. The van der Waals surface area contributed by atoms with E-state index in [4.69, 9.17) is 0 Å². The van der Waals surface area contributed by atoms with Crippen molar-refractivity contribution >= 4 is 15.6 Å². The molecule has 1 aromatic rings. The Balaban J connectivity index is 2.85. The predicted octanol–water partition coefficient (Wildman–Crippen LogP) is 2.03. The molecule has 0 bridgehead atoms. The number of rotatable bonds is 5. The molecule has 0 saturated carbocycles. The summed E-state index contributed by atoms with van der Waals surface area (Å²) in [5, 5.41) is 0. The fourth-order valence-corrected chi connectivity index (χ4v) is 2.24. The molecular formula is C13H16O3S. The van der Waals surface area contributed by atoms with E-state index >= 15 is 0 Å². The Kier molecular flexibility index (Phi) is 4.23. The van der Waals surface area contributed by atoms with Crippen molar-refractivity contribution in [1.82, 2.24) is 0 Å². The first kappa shape index (κ1) is 13.6. The van der Waals surface area contributed by atoms with Crippen molar-refractivity contribution in [2.45, 2.75) is 13.3 Å². The highest BCUT2D eigenvalue weighted by molar-refractivity contribution is 7.90. The number of hydrogen-bond acceptors (Lipinski definition) is 3. The monoisotopic (exact) mass is 252 g/mol. The summed E-state index contributed by atoms with van der Waals surface area (Å²) in [6, 6.07) is 7.13. The summed E-state index contributed by atoms with van der Waals surface area (Å²) in [4.78, 5) is 11.9. The molecule has 3 nitrogen and oxygen atoms in total. The fourth-order valence-electron chi connectivity index (χ4n) is 1.48. The summed E-state index contributed by atoms with van der Waals surface area (Å²) in [6.07, 6.45) is 1.99. The van der Waals surface area contributed by atoms with Crippen molar-refractivity contribution in [2.24, 2.45) is 0 Å². The molecule has 0 aliphatic rings. The van der Waals surface area contributed by atoms with Gasteiger partial charge in [0.15, 0.2) is 15.6 Å². The lowest BCUT2D eigenvalue weighted by atomic mass is 10.0. The molecular weight excluding hydrogens is 236 g/mol. The van der Waals surface area contributed by atoms with Gasteiger partial charge >= 0.3 is 0 Å². The van der Waals surface area contributed by atoms with E-state index in [1.165, 1.54) is 0 Å². The number of ketones is 1. The third-order valence-electron chi connectivity index (χ3n) is 2.38. The molecule has 17 heavy (non-hydrogen) atoms. The van der Waals surface area contributed by atoms with Gasteiger partial charge in [-0.15, -0.1) is 0 Å². The van der Waals surface area contributed by atoms with E-state index in [1.807, 2.05) is 19.1 Å². The molecule has 0 aliphatic carbocycles. The van der Waals surface area contributed by atoms with Gasteiger partial charge in [0.05, 0.1) is 5.75 Å². The second-order valence-electron chi connectivity index (χ2n) is 4.05. The minimum absolute atomic E-state index is 0.108. The van der Waals surface area contributed by atoms with Crippen molar-refractivity contribution in [1.29, 1.82) is 0 Å². The van der Waals surface area contributed by atoms with E-state index in [0.717, 1.165) is 18.2 Å². The third-order valence-corrected chi connectivity index (χ3v) is 3.25. The van der Waals surface area contributed by atoms with Crippen molar-refractivity contribution in [3.05, 3.63) is 47.5 Å². The van der Waals surface area contributed by atoms with Crippen molar-refractivity contribution in [3.63, 3.8) is 0 Å². The molecule has 4 heteroatoms. The first-order chi connectivity index (χ1) is 7.83. The highest BCUT2D eigenvalue weighted by Gasteiger charge is 2.14. The van der Waals surface area contributed by atoms with Crippen LogP contribution in [0.25, 0.3) is 0 Å². The first-order valence-corrected chi connectivity index (χ1v) is 7.38. The minimum atomic E-state index is -3.21. The van der Waals surface area contributed by atoms with E-state index in [1.54, 1.807) is 12.1 Å². The maximum atomic E-state index is 11.9. The highest BCUT2D eigenvalue weighted by Crippen LogP contribution is 2.11. The zero-order chi connectivity index (χ0) is 13.1. The van der Waals surface area contributed by atoms with Crippen LogP contribution in [0.4, 0.5) is 0 Å². The van der Waals surface area contributed by atoms with Crippen molar-refractivity contribution in [3.8, 4) is 0 Å². The number of hydrogen-bond donors (Lipinski definition) is 0. The van der Waals surface area contributed by atoms with Gasteiger partial charge in [0.25, 0.3) is 0 Å². The Bertz CT molecular complexity index is 524. The van der Waals surface area contributed by atoms with E-state index < -0.39 is 9.84 Å². The highest BCUT2D eigenvalue weighted by atomic mass is 32.2. The van der Waals surface area contributed by atoms with Crippen molar-refractivity contribution < 1.29 is 13.2 Å². The van der Waals surface area contributed by atoms with Gasteiger partial charge in [0.1, 0.15) is 0 Å². The average molecular weight is 252 g/mol. The Morgan fingerprint density at radius 3 is 2.18 bits per heavy atom. The van der Waals surface area contributed by atoms with E-state index in [0.29, 0.717) is 5.56 Å². The molecule has 0 heterocycles. The Morgan fingerprint density at radius 1 is 1.24 bits per heavy atom. The molecule has 92 valence electrons. The molecule has 0 saturated heterocycles. The summed E-state index contributed by atoms with van der Waals surface area (Å²) in [7, 11) is -3.21.